The molecule has 8 heteroatoms. The van der Waals surface area contributed by atoms with Crippen LogP contribution in [-0.2, 0) is 6.54 Å². The number of aromatic nitrogens is 2. The Morgan fingerprint density at radius 3 is 3.05 bits per heavy atom. The summed E-state index contributed by atoms with van der Waals surface area (Å²) in [5, 5.41) is 2.87. The van der Waals surface area contributed by atoms with Crippen LogP contribution >= 0.6 is 0 Å². The Balaban J connectivity index is 1.60. The zero-order valence-electron chi connectivity index (χ0n) is 10.5. The van der Waals surface area contributed by atoms with Crippen molar-refractivity contribution in [3.8, 4) is 0 Å². The maximum Gasteiger partial charge on any atom is 0.317 e. The molecule has 2 saturated heterocycles. The van der Waals surface area contributed by atoms with Gasteiger partial charge in [0, 0.05) is 32.7 Å². The molecule has 3 heterocycles. The molecule has 19 heavy (non-hydrogen) atoms. The highest BCUT2D eigenvalue weighted by atomic mass is 16.2. The highest BCUT2D eigenvalue weighted by Gasteiger charge is 2.35. The number of hydrazine groups is 1. The van der Waals surface area contributed by atoms with E-state index in [-0.39, 0.29) is 12.1 Å². The van der Waals surface area contributed by atoms with E-state index in [1.54, 1.807) is 12.4 Å². The highest BCUT2D eigenvalue weighted by molar-refractivity contribution is 5.77. The summed E-state index contributed by atoms with van der Waals surface area (Å²) in [5.74, 6) is 5.80. The standard InChI is InChI=1S/C11H17N7O/c12-16-10-5-13-8(3-14-10)6-17-1-2-18-9(7-17)4-15-11(18)19/h3,5,9H,1-2,4,6-7,12H2,(H,14,16)(H,15,19). The van der Waals surface area contributed by atoms with Gasteiger partial charge in [0.1, 0.15) is 0 Å². The van der Waals surface area contributed by atoms with E-state index >= 15 is 0 Å². The lowest BCUT2D eigenvalue weighted by molar-refractivity contribution is 0.115. The number of amides is 2. The van der Waals surface area contributed by atoms with Crippen LogP contribution < -0.4 is 16.6 Å². The third-order valence-electron chi connectivity index (χ3n) is 3.56. The zero-order chi connectivity index (χ0) is 13.2. The van der Waals surface area contributed by atoms with Crippen molar-refractivity contribution in [1.82, 2.24) is 25.1 Å². The van der Waals surface area contributed by atoms with Crippen molar-refractivity contribution in [2.75, 3.05) is 31.6 Å². The molecule has 8 nitrogen and oxygen atoms in total. The molecular formula is C11H17N7O. The molecule has 2 aliphatic heterocycles. The first kappa shape index (κ1) is 12.1. The molecule has 3 rings (SSSR count). The van der Waals surface area contributed by atoms with Crippen molar-refractivity contribution in [2.24, 2.45) is 5.84 Å². The third kappa shape index (κ3) is 2.45. The molecule has 0 aromatic carbocycles. The van der Waals surface area contributed by atoms with Gasteiger partial charge < -0.3 is 15.6 Å². The molecule has 1 atom stereocenters. The van der Waals surface area contributed by atoms with Gasteiger partial charge in [-0.15, -0.1) is 0 Å². The molecular weight excluding hydrogens is 246 g/mol. The Hall–Kier alpha value is -1.93. The Morgan fingerprint density at radius 1 is 1.42 bits per heavy atom. The van der Waals surface area contributed by atoms with E-state index in [1.807, 2.05) is 4.90 Å². The topological polar surface area (TPSA) is 99.4 Å². The number of nitrogen functional groups attached to an aromatic ring is 1. The lowest BCUT2D eigenvalue weighted by Gasteiger charge is -2.36. The van der Waals surface area contributed by atoms with Gasteiger partial charge in [-0.25, -0.2) is 15.6 Å². The summed E-state index contributed by atoms with van der Waals surface area (Å²) >= 11 is 0. The van der Waals surface area contributed by atoms with E-state index in [2.05, 4.69) is 25.6 Å². The lowest BCUT2D eigenvalue weighted by atomic mass is 10.2. The average molecular weight is 263 g/mol. The number of anilines is 1. The average Bonchev–Trinajstić information content (AvgIpc) is 2.81. The first-order valence-corrected chi connectivity index (χ1v) is 6.30. The van der Waals surface area contributed by atoms with Crippen LogP contribution in [0.1, 0.15) is 5.69 Å². The van der Waals surface area contributed by atoms with Crippen LogP contribution in [0, 0.1) is 0 Å². The van der Waals surface area contributed by atoms with E-state index < -0.39 is 0 Å². The van der Waals surface area contributed by atoms with Gasteiger partial charge in [-0.3, -0.25) is 9.88 Å². The van der Waals surface area contributed by atoms with E-state index in [0.717, 1.165) is 38.4 Å². The summed E-state index contributed by atoms with van der Waals surface area (Å²) < 4.78 is 0. The molecule has 4 N–H and O–H groups in total. The number of nitrogens with zero attached hydrogens (tertiary/aromatic N) is 4. The van der Waals surface area contributed by atoms with Gasteiger partial charge in [0.05, 0.1) is 24.1 Å². The van der Waals surface area contributed by atoms with Crippen molar-refractivity contribution in [1.29, 1.82) is 0 Å². The van der Waals surface area contributed by atoms with E-state index in [0.29, 0.717) is 5.82 Å². The minimum Gasteiger partial charge on any atom is -0.336 e. The summed E-state index contributed by atoms with van der Waals surface area (Å²) in [4.78, 5) is 24.1. The predicted molar refractivity (Wildman–Crippen MR) is 69.0 cm³/mol. The van der Waals surface area contributed by atoms with Crippen LogP contribution in [0.15, 0.2) is 12.4 Å². The van der Waals surface area contributed by atoms with Gasteiger partial charge >= 0.3 is 6.03 Å². The number of carbonyl (C=O) groups is 1. The van der Waals surface area contributed by atoms with Crippen molar-refractivity contribution >= 4 is 11.8 Å². The lowest BCUT2D eigenvalue weighted by Crippen LogP contribution is -2.51. The molecule has 0 radical (unpaired) electrons. The quantitative estimate of drug-likeness (QED) is 0.476. The smallest absolute Gasteiger partial charge is 0.317 e. The second-order valence-electron chi connectivity index (χ2n) is 4.81. The van der Waals surface area contributed by atoms with Gasteiger partial charge in [0.15, 0.2) is 5.82 Å². The number of hydrogen-bond donors (Lipinski definition) is 3. The molecule has 1 unspecified atom stereocenters. The fraction of sp³-hybridized carbons (Fsp3) is 0.545. The fourth-order valence-electron chi connectivity index (χ4n) is 2.55. The number of hydrogen-bond acceptors (Lipinski definition) is 6. The second kappa shape index (κ2) is 4.98. The van der Waals surface area contributed by atoms with Crippen molar-refractivity contribution in [3.05, 3.63) is 18.1 Å². The molecule has 2 amide bonds. The molecule has 0 aliphatic carbocycles. The van der Waals surface area contributed by atoms with Crippen molar-refractivity contribution < 1.29 is 4.79 Å². The van der Waals surface area contributed by atoms with Gasteiger partial charge in [-0.05, 0) is 0 Å². The normalized spacial score (nSPS) is 23.1. The zero-order valence-corrected chi connectivity index (χ0v) is 10.5. The number of carbonyl (C=O) groups excluding carboxylic acids is 1. The van der Waals surface area contributed by atoms with Crippen molar-refractivity contribution in [2.45, 2.75) is 12.6 Å². The molecule has 2 fully saturated rings. The van der Waals surface area contributed by atoms with Crippen molar-refractivity contribution in [3.63, 3.8) is 0 Å². The SMILES string of the molecule is NNc1cnc(CN2CCN3C(=O)NCC3C2)cn1. The molecule has 102 valence electrons. The largest absolute Gasteiger partial charge is 0.336 e. The van der Waals surface area contributed by atoms with Gasteiger partial charge in [0.2, 0.25) is 0 Å². The van der Waals surface area contributed by atoms with Crippen LogP contribution in [0.25, 0.3) is 0 Å². The minimum absolute atomic E-state index is 0.0582. The predicted octanol–water partition coefficient (Wildman–Crippen LogP) is -1.03. The maximum absolute atomic E-state index is 11.5. The van der Waals surface area contributed by atoms with E-state index in [9.17, 15) is 4.79 Å². The molecule has 1 aromatic rings. The monoisotopic (exact) mass is 263 g/mol. The van der Waals surface area contributed by atoms with E-state index in [4.69, 9.17) is 5.84 Å². The molecule has 0 bridgehead atoms. The Labute approximate surface area is 111 Å². The number of fused-ring (bicyclic) bond motifs is 1. The van der Waals surface area contributed by atoms with Crippen LogP contribution in [0.2, 0.25) is 0 Å². The summed E-state index contributed by atoms with van der Waals surface area (Å²) in [6, 6.07) is 0.335. The Bertz CT molecular complexity index is 463. The summed E-state index contributed by atoms with van der Waals surface area (Å²) in [7, 11) is 0. The van der Waals surface area contributed by atoms with Gasteiger partial charge in [-0.2, -0.15) is 0 Å². The first-order chi connectivity index (χ1) is 9.26. The number of urea groups is 1. The summed E-state index contributed by atoms with van der Waals surface area (Å²) in [6.45, 7) is 3.99. The Morgan fingerprint density at radius 2 is 2.32 bits per heavy atom. The highest BCUT2D eigenvalue weighted by Crippen LogP contribution is 2.15. The number of nitrogens with two attached hydrogens (primary N) is 1. The van der Waals surface area contributed by atoms with Crippen LogP contribution in [0.3, 0.4) is 0 Å². The fourth-order valence-corrected chi connectivity index (χ4v) is 2.55. The number of nitrogens with one attached hydrogen (secondary N) is 2. The Kier molecular flexibility index (Phi) is 3.18. The maximum atomic E-state index is 11.5. The number of piperazine rings is 1. The number of rotatable bonds is 3. The van der Waals surface area contributed by atoms with Crippen LogP contribution in [0.4, 0.5) is 10.6 Å². The molecule has 0 saturated carbocycles. The molecule has 2 aliphatic rings. The second-order valence-corrected chi connectivity index (χ2v) is 4.81. The summed E-state index contributed by atoms with van der Waals surface area (Å²) in [6.07, 6.45) is 3.34. The van der Waals surface area contributed by atoms with Gasteiger partial charge in [-0.1, -0.05) is 0 Å². The van der Waals surface area contributed by atoms with E-state index in [1.165, 1.54) is 0 Å². The molecule has 1 aromatic heterocycles. The molecule has 0 spiro atoms. The minimum atomic E-state index is 0.0582. The first-order valence-electron chi connectivity index (χ1n) is 6.30. The summed E-state index contributed by atoms with van der Waals surface area (Å²) in [5.41, 5.74) is 3.36. The third-order valence-corrected chi connectivity index (χ3v) is 3.56. The van der Waals surface area contributed by atoms with Gasteiger partial charge in [0.25, 0.3) is 0 Å². The van der Waals surface area contributed by atoms with Crippen LogP contribution in [0.5, 0.6) is 0 Å². The van der Waals surface area contributed by atoms with Crippen LogP contribution in [-0.4, -0.2) is 58.0 Å².